The average Bonchev–Trinajstić information content (AvgIpc) is 3.21. The smallest absolute Gasteiger partial charge is 0.255 e. The molecule has 4 nitrogen and oxygen atoms in total. The number of nitrogens with one attached hydrogen (secondary N) is 2. The number of benzene rings is 2. The highest BCUT2D eigenvalue weighted by Crippen LogP contribution is 2.29. The third-order valence-corrected chi connectivity index (χ3v) is 4.70. The first-order valence-electron chi connectivity index (χ1n) is 7.61. The molecule has 0 radical (unpaired) electrons. The summed E-state index contributed by atoms with van der Waals surface area (Å²) in [7, 11) is 0. The Balaban J connectivity index is 1.57. The summed E-state index contributed by atoms with van der Waals surface area (Å²) < 4.78 is 0. The fourth-order valence-electron chi connectivity index (χ4n) is 2.59. The molecule has 0 atom stereocenters. The lowest BCUT2D eigenvalue weighted by Gasteiger charge is -2.03. The number of imidazole rings is 1. The number of fused-ring (bicyclic) bond motifs is 1. The van der Waals surface area contributed by atoms with Gasteiger partial charge in [-0.15, -0.1) is 11.3 Å². The number of nitrogens with zero attached hydrogens (tertiary/aromatic N) is 1. The minimum atomic E-state index is -0.104. The number of rotatable bonds is 3. The first-order valence-corrected chi connectivity index (χ1v) is 8.49. The summed E-state index contributed by atoms with van der Waals surface area (Å²) in [5.74, 6) is 0.713. The van der Waals surface area contributed by atoms with Crippen LogP contribution in [0.15, 0.2) is 60.0 Å². The largest absolute Gasteiger partial charge is 0.337 e. The molecule has 5 heteroatoms. The minimum absolute atomic E-state index is 0.104. The van der Waals surface area contributed by atoms with Gasteiger partial charge in [-0.2, -0.15) is 0 Å². The molecule has 0 bridgehead atoms. The number of para-hydroxylation sites is 2. The Kier molecular flexibility index (Phi) is 3.63. The van der Waals surface area contributed by atoms with Gasteiger partial charge in [-0.3, -0.25) is 4.79 Å². The first kappa shape index (κ1) is 14.7. The van der Waals surface area contributed by atoms with Gasteiger partial charge >= 0.3 is 0 Å². The molecule has 2 aromatic carbocycles. The summed E-state index contributed by atoms with van der Waals surface area (Å²) >= 11 is 1.55. The van der Waals surface area contributed by atoms with E-state index in [0.29, 0.717) is 5.56 Å². The molecule has 2 aromatic heterocycles. The molecule has 0 saturated carbocycles. The second-order valence-corrected chi connectivity index (χ2v) is 6.54. The van der Waals surface area contributed by atoms with Crippen LogP contribution >= 0.6 is 11.3 Å². The van der Waals surface area contributed by atoms with Crippen LogP contribution < -0.4 is 5.32 Å². The van der Waals surface area contributed by atoms with Crippen LogP contribution in [0, 0.1) is 6.92 Å². The van der Waals surface area contributed by atoms with Gasteiger partial charge in [-0.25, -0.2) is 4.98 Å². The third kappa shape index (κ3) is 2.81. The number of amides is 1. The summed E-state index contributed by atoms with van der Waals surface area (Å²) in [4.78, 5) is 21.2. The molecule has 4 aromatic rings. The van der Waals surface area contributed by atoms with Crippen molar-refractivity contribution in [2.75, 3.05) is 5.32 Å². The van der Waals surface area contributed by atoms with E-state index in [2.05, 4.69) is 15.3 Å². The molecular weight excluding hydrogens is 318 g/mol. The second kappa shape index (κ2) is 5.94. The van der Waals surface area contributed by atoms with E-state index in [4.69, 9.17) is 0 Å². The van der Waals surface area contributed by atoms with Crippen LogP contribution in [0.2, 0.25) is 0 Å². The van der Waals surface area contributed by atoms with E-state index in [1.165, 1.54) is 0 Å². The van der Waals surface area contributed by atoms with Crippen LogP contribution in [0.1, 0.15) is 15.9 Å². The molecular formula is C19H15N3OS. The topological polar surface area (TPSA) is 57.8 Å². The maximum Gasteiger partial charge on any atom is 0.255 e. The fraction of sp³-hybridized carbons (Fsp3) is 0.0526. The van der Waals surface area contributed by atoms with Crippen molar-refractivity contribution >= 4 is 34.0 Å². The molecule has 2 heterocycles. The molecule has 24 heavy (non-hydrogen) atoms. The molecule has 0 unspecified atom stereocenters. The van der Waals surface area contributed by atoms with Crippen LogP contribution in [-0.4, -0.2) is 15.9 Å². The van der Waals surface area contributed by atoms with Crippen molar-refractivity contribution in [1.82, 2.24) is 9.97 Å². The van der Waals surface area contributed by atoms with E-state index in [9.17, 15) is 4.79 Å². The lowest BCUT2D eigenvalue weighted by molar-refractivity contribution is 0.102. The monoisotopic (exact) mass is 333 g/mol. The van der Waals surface area contributed by atoms with E-state index >= 15 is 0 Å². The Morgan fingerprint density at radius 1 is 1.12 bits per heavy atom. The number of aromatic nitrogens is 2. The van der Waals surface area contributed by atoms with Gasteiger partial charge in [0.25, 0.3) is 5.91 Å². The average molecular weight is 333 g/mol. The molecule has 0 fully saturated rings. The van der Waals surface area contributed by atoms with E-state index in [-0.39, 0.29) is 5.91 Å². The Morgan fingerprint density at radius 2 is 2.00 bits per heavy atom. The molecule has 0 aliphatic rings. The van der Waals surface area contributed by atoms with E-state index in [1.54, 1.807) is 11.3 Å². The van der Waals surface area contributed by atoms with Gasteiger partial charge in [0.2, 0.25) is 0 Å². The highest BCUT2D eigenvalue weighted by Gasteiger charge is 2.11. The number of anilines is 1. The van der Waals surface area contributed by atoms with Crippen molar-refractivity contribution in [3.05, 3.63) is 71.1 Å². The van der Waals surface area contributed by atoms with Gasteiger partial charge in [0.05, 0.1) is 21.6 Å². The number of hydrogen-bond donors (Lipinski definition) is 2. The lowest BCUT2D eigenvalue weighted by atomic mass is 10.1. The summed E-state index contributed by atoms with van der Waals surface area (Å²) in [5.41, 5.74) is 4.45. The highest BCUT2D eigenvalue weighted by atomic mass is 32.1. The number of hydrogen-bond acceptors (Lipinski definition) is 3. The molecule has 118 valence electrons. The Bertz CT molecular complexity index is 999. The Hall–Kier alpha value is -2.92. The first-order chi connectivity index (χ1) is 11.7. The molecule has 0 aliphatic carbocycles. The number of H-pyrrole nitrogens is 1. The van der Waals surface area contributed by atoms with E-state index in [1.807, 2.05) is 66.9 Å². The van der Waals surface area contributed by atoms with Gasteiger partial charge < -0.3 is 10.3 Å². The maximum atomic E-state index is 12.3. The normalized spacial score (nSPS) is 10.9. The van der Waals surface area contributed by atoms with Crippen LogP contribution in [0.5, 0.6) is 0 Å². The van der Waals surface area contributed by atoms with Gasteiger partial charge in [0.15, 0.2) is 0 Å². The molecule has 0 aliphatic heterocycles. The van der Waals surface area contributed by atoms with E-state index < -0.39 is 0 Å². The lowest BCUT2D eigenvalue weighted by Crippen LogP contribution is -2.11. The molecule has 0 spiro atoms. The van der Waals surface area contributed by atoms with Crippen LogP contribution in [0.25, 0.3) is 21.7 Å². The highest BCUT2D eigenvalue weighted by molar-refractivity contribution is 7.14. The predicted molar refractivity (Wildman–Crippen MR) is 98.5 cm³/mol. The van der Waals surface area contributed by atoms with Crippen molar-refractivity contribution in [3.8, 4) is 10.7 Å². The van der Waals surface area contributed by atoms with Crippen molar-refractivity contribution in [2.45, 2.75) is 6.92 Å². The summed E-state index contributed by atoms with van der Waals surface area (Å²) in [6.45, 7) is 1.97. The Morgan fingerprint density at radius 3 is 2.83 bits per heavy atom. The number of thiophene rings is 1. The maximum absolute atomic E-state index is 12.3. The van der Waals surface area contributed by atoms with Crippen molar-refractivity contribution in [1.29, 1.82) is 0 Å². The van der Waals surface area contributed by atoms with Gasteiger partial charge in [0, 0.05) is 10.9 Å². The summed E-state index contributed by atoms with van der Waals surface area (Å²) in [5, 5.41) is 4.87. The zero-order valence-corrected chi connectivity index (χ0v) is 13.9. The zero-order chi connectivity index (χ0) is 16.5. The predicted octanol–water partition coefficient (Wildman–Crippen LogP) is 4.85. The van der Waals surface area contributed by atoms with Crippen LogP contribution in [0.3, 0.4) is 0 Å². The van der Waals surface area contributed by atoms with Gasteiger partial charge in [-0.1, -0.05) is 29.8 Å². The summed E-state index contributed by atoms with van der Waals surface area (Å²) in [6.07, 6.45) is 0. The molecule has 0 saturated heterocycles. The van der Waals surface area contributed by atoms with Crippen molar-refractivity contribution < 1.29 is 4.79 Å². The Labute approximate surface area is 143 Å². The van der Waals surface area contributed by atoms with E-state index in [0.717, 1.165) is 33.0 Å². The van der Waals surface area contributed by atoms with Crippen molar-refractivity contribution in [3.63, 3.8) is 0 Å². The van der Waals surface area contributed by atoms with Crippen LogP contribution in [-0.2, 0) is 0 Å². The second-order valence-electron chi connectivity index (χ2n) is 5.63. The number of carbonyl (C=O) groups is 1. The van der Waals surface area contributed by atoms with Crippen LogP contribution in [0.4, 0.5) is 5.69 Å². The molecule has 4 rings (SSSR count). The minimum Gasteiger partial charge on any atom is -0.337 e. The quantitative estimate of drug-likeness (QED) is 0.563. The standard InChI is InChI=1S/C19H15N3OS/c1-12-5-4-6-13(9-12)19(23)20-14-10-17(24-11-14)18-21-15-7-2-3-8-16(15)22-18/h2-11H,1H3,(H,20,23)(H,21,22). The summed E-state index contributed by atoms with van der Waals surface area (Å²) in [6, 6.07) is 17.4. The van der Waals surface area contributed by atoms with Gasteiger partial charge in [0.1, 0.15) is 5.82 Å². The third-order valence-electron chi connectivity index (χ3n) is 3.76. The zero-order valence-electron chi connectivity index (χ0n) is 13.0. The van der Waals surface area contributed by atoms with Gasteiger partial charge in [-0.05, 0) is 37.3 Å². The fourth-order valence-corrected chi connectivity index (χ4v) is 3.37. The number of aryl methyl sites for hydroxylation is 1. The molecule has 2 N–H and O–H groups in total. The van der Waals surface area contributed by atoms with Crippen molar-refractivity contribution in [2.24, 2.45) is 0 Å². The number of carbonyl (C=O) groups excluding carboxylic acids is 1. The number of aromatic amines is 1. The SMILES string of the molecule is Cc1cccc(C(=O)Nc2csc(-c3nc4ccccc4[nH]3)c2)c1. The molecule has 1 amide bonds.